The Kier molecular flexibility index (Phi) is 1.97. The van der Waals surface area contributed by atoms with Crippen molar-refractivity contribution >= 4 is 5.78 Å². The summed E-state index contributed by atoms with van der Waals surface area (Å²) in [7, 11) is 0. The second-order valence-electron chi connectivity index (χ2n) is 4.67. The van der Waals surface area contributed by atoms with Crippen LogP contribution in [0, 0.1) is 11.3 Å². The molecule has 0 aromatic carbocycles. The summed E-state index contributed by atoms with van der Waals surface area (Å²) in [6, 6.07) is 0. The molecular weight excluding hydrogens is 148 g/mol. The van der Waals surface area contributed by atoms with E-state index in [2.05, 4.69) is 0 Å². The fourth-order valence-corrected chi connectivity index (χ4v) is 3.03. The predicted molar refractivity (Wildman–Crippen MR) is 48.9 cm³/mol. The predicted octanol–water partition coefficient (Wildman–Crippen LogP) is 2.94. The second-order valence-corrected chi connectivity index (χ2v) is 4.67. The zero-order valence-corrected chi connectivity index (χ0v) is 7.94. The molecule has 1 heteroatoms. The van der Waals surface area contributed by atoms with Gasteiger partial charge in [-0.15, -0.1) is 0 Å². The van der Waals surface area contributed by atoms with E-state index in [1.54, 1.807) is 6.92 Å². The average molecular weight is 166 g/mol. The van der Waals surface area contributed by atoms with Crippen LogP contribution in [0.3, 0.4) is 0 Å². The summed E-state index contributed by atoms with van der Waals surface area (Å²) in [5, 5.41) is 0. The molecule has 0 aromatic rings. The highest BCUT2D eigenvalue weighted by Gasteiger charge is 2.41. The lowest BCUT2D eigenvalue weighted by Gasteiger charge is -2.34. The van der Waals surface area contributed by atoms with Crippen molar-refractivity contribution in [2.45, 2.75) is 51.9 Å². The molecular formula is C11H18O. The van der Waals surface area contributed by atoms with Gasteiger partial charge in [-0.25, -0.2) is 0 Å². The van der Waals surface area contributed by atoms with Crippen LogP contribution in [0.5, 0.6) is 0 Å². The van der Waals surface area contributed by atoms with E-state index in [0.717, 1.165) is 5.92 Å². The summed E-state index contributed by atoms with van der Waals surface area (Å²) in [5.41, 5.74) is 0.132. The van der Waals surface area contributed by atoms with Crippen LogP contribution in [0.1, 0.15) is 51.9 Å². The summed E-state index contributed by atoms with van der Waals surface area (Å²) < 4.78 is 0. The molecule has 1 nitrogen and oxygen atoms in total. The van der Waals surface area contributed by atoms with E-state index in [4.69, 9.17) is 0 Å². The minimum atomic E-state index is 0.132. The van der Waals surface area contributed by atoms with Crippen LogP contribution in [0.4, 0.5) is 0 Å². The molecule has 12 heavy (non-hydrogen) atoms. The Morgan fingerprint density at radius 2 is 1.83 bits per heavy atom. The minimum Gasteiger partial charge on any atom is -0.299 e. The SMILES string of the molecule is CC(=O)C12CCCC(CC1)CC2. The third-order valence-electron chi connectivity index (χ3n) is 4.08. The summed E-state index contributed by atoms with van der Waals surface area (Å²) in [4.78, 5) is 11.5. The highest BCUT2D eigenvalue weighted by Crippen LogP contribution is 2.48. The molecule has 68 valence electrons. The van der Waals surface area contributed by atoms with Gasteiger partial charge in [0.25, 0.3) is 0 Å². The van der Waals surface area contributed by atoms with Crippen molar-refractivity contribution in [3.05, 3.63) is 0 Å². The minimum absolute atomic E-state index is 0.132. The molecule has 0 saturated heterocycles. The van der Waals surface area contributed by atoms with E-state index >= 15 is 0 Å². The summed E-state index contributed by atoms with van der Waals surface area (Å²) in [5.74, 6) is 1.42. The van der Waals surface area contributed by atoms with Crippen LogP contribution >= 0.6 is 0 Å². The fourth-order valence-electron chi connectivity index (χ4n) is 3.03. The molecule has 0 aliphatic heterocycles. The van der Waals surface area contributed by atoms with Gasteiger partial charge in [-0.05, 0) is 44.9 Å². The van der Waals surface area contributed by atoms with E-state index in [1.165, 1.54) is 44.9 Å². The molecule has 0 atom stereocenters. The largest absolute Gasteiger partial charge is 0.299 e. The molecule has 3 saturated carbocycles. The van der Waals surface area contributed by atoms with Gasteiger partial charge in [0, 0.05) is 5.41 Å². The molecule has 2 bridgehead atoms. The van der Waals surface area contributed by atoms with Crippen molar-refractivity contribution in [3.63, 3.8) is 0 Å². The molecule has 3 rings (SSSR count). The van der Waals surface area contributed by atoms with Crippen molar-refractivity contribution in [2.75, 3.05) is 0 Å². The van der Waals surface area contributed by atoms with Crippen LogP contribution in [0.15, 0.2) is 0 Å². The molecule has 3 fully saturated rings. The Balaban J connectivity index is 2.19. The number of rotatable bonds is 1. The standard InChI is InChI=1S/C11H18O/c1-9(12)11-6-2-3-10(4-7-11)5-8-11/h10H,2-8H2,1H3. The van der Waals surface area contributed by atoms with E-state index in [1.807, 2.05) is 0 Å². The van der Waals surface area contributed by atoms with Crippen LogP contribution in [-0.4, -0.2) is 5.78 Å². The van der Waals surface area contributed by atoms with Gasteiger partial charge in [0.1, 0.15) is 5.78 Å². The number of hydrogen-bond acceptors (Lipinski definition) is 1. The summed E-state index contributed by atoms with van der Waals surface area (Å²) in [6.07, 6.45) is 8.87. The number of fused-ring (bicyclic) bond motifs is 4. The zero-order chi connectivity index (χ0) is 8.60. The third kappa shape index (κ3) is 1.19. The molecule has 0 N–H and O–H groups in total. The topological polar surface area (TPSA) is 17.1 Å². The van der Waals surface area contributed by atoms with Gasteiger partial charge in [-0.1, -0.05) is 12.8 Å². The molecule has 3 aliphatic rings. The molecule has 0 aromatic heterocycles. The highest BCUT2D eigenvalue weighted by molar-refractivity contribution is 5.82. The molecule has 0 amide bonds. The first kappa shape index (κ1) is 8.28. The van der Waals surface area contributed by atoms with Gasteiger partial charge in [0.05, 0.1) is 0 Å². The lowest BCUT2D eigenvalue weighted by Crippen LogP contribution is -2.31. The van der Waals surface area contributed by atoms with Gasteiger partial charge in [-0.3, -0.25) is 4.79 Å². The van der Waals surface area contributed by atoms with Gasteiger partial charge in [0.2, 0.25) is 0 Å². The first-order valence-corrected chi connectivity index (χ1v) is 5.24. The van der Waals surface area contributed by atoms with Gasteiger partial charge in [-0.2, -0.15) is 0 Å². The van der Waals surface area contributed by atoms with Gasteiger partial charge < -0.3 is 0 Å². The Hall–Kier alpha value is -0.330. The Labute approximate surface area is 74.5 Å². The Morgan fingerprint density at radius 1 is 1.17 bits per heavy atom. The third-order valence-corrected chi connectivity index (χ3v) is 4.08. The number of carbonyl (C=O) groups excluding carboxylic acids is 1. The Morgan fingerprint density at radius 3 is 2.42 bits per heavy atom. The van der Waals surface area contributed by atoms with Crippen LogP contribution in [0.25, 0.3) is 0 Å². The first-order valence-electron chi connectivity index (χ1n) is 5.24. The summed E-state index contributed by atoms with van der Waals surface area (Å²) >= 11 is 0. The van der Waals surface area contributed by atoms with Crippen molar-refractivity contribution in [1.82, 2.24) is 0 Å². The van der Waals surface area contributed by atoms with Crippen molar-refractivity contribution in [1.29, 1.82) is 0 Å². The molecule has 3 aliphatic carbocycles. The lowest BCUT2D eigenvalue weighted by atomic mass is 9.69. The lowest BCUT2D eigenvalue weighted by molar-refractivity contribution is -0.128. The van der Waals surface area contributed by atoms with Crippen molar-refractivity contribution in [3.8, 4) is 0 Å². The molecule has 0 heterocycles. The van der Waals surface area contributed by atoms with Crippen molar-refractivity contribution in [2.24, 2.45) is 11.3 Å². The highest BCUT2D eigenvalue weighted by atomic mass is 16.1. The van der Waals surface area contributed by atoms with E-state index in [-0.39, 0.29) is 5.41 Å². The van der Waals surface area contributed by atoms with Crippen molar-refractivity contribution < 1.29 is 4.79 Å². The van der Waals surface area contributed by atoms with E-state index in [9.17, 15) is 4.79 Å². The molecule has 0 unspecified atom stereocenters. The van der Waals surface area contributed by atoms with E-state index < -0.39 is 0 Å². The quantitative estimate of drug-likeness (QED) is 0.585. The molecule has 0 radical (unpaired) electrons. The maximum atomic E-state index is 11.5. The monoisotopic (exact) mass is 166 g/mol. The van der Waals surface area contributed by atoms with Gasteiger partial charge in [0.15, 0.2) is 0 Å². The fraction of sp³-hybridized carbons (Fsp3) is 0.909. The normalized spacial score (nSPS) is 40.9. The summed E-state index contributed by atoms with van der Waals surface area (Å²) in [6.45, 7) is 1.80. The average Bonchev–Trinajstić information content (AvgIpc) is 2.37. The smallest absolute Gasteiger partial charge is 0.135 e. The Bertz CT molecular complexity index is 182. The maximum absolute atomic E-state index is 11.5. The van der Waals surface area contributed by atoms with Gasteiger partial charge >= 0.3 is 0 Å². The molecule has 0 spiro atoms. The second kappa shape index (κ2) is 2.86. The number of ketones is 1. The first-order chi connectivity index (χ1) is 5.73. The van der Waals surface area contributed by atoms with Crippen LogP contribution < -0.4 is 0 Å². The number of Topliss-reactive ketones (excluding diaryl/α,β-unsaturated/α-hetero) is 1. The van der Waals surface area contributed by atoms with Crippen LogP contribution in [-0.2, 0) is 4.79 Å². The van der Waals surface area contributed by atoms with E-state index in [0.29, 0.717) is 5.78 Å². The number of hydrogen-bond donors (Lipinski definition) is 0. The maximum Gasteiger partial charge on any atom is 0.135 e. The zero-order valence-electron chi connectivity index (χ0n) is 7.94. The number of carbonyl (C=O) groups is 1. The van der Waals surface area contributed by atoms with Crippen LogP contribution in [0.2, 0.25) is 0 Å².